The van der Waals surface area contributed by atoms with Crippen molar-refractivity contribution in [1.82, 2.24) is 15.5 Å². The third kappa shape index (κ3) is 5.20. The maximum atomic E-state index is 12.9. The number of amides is 2. The summed E-state index contributed by atoms with van der Waals surface area (Å²) in [5, 5.41) is 6.29. The van der Waals surface area contributed by atoms with Crippen molar-refractivity contribution in [1.29, 1.82) is 0 Å². The van der Waals surface area contributed by atoms with E-state index in [0.717, 1.165) is 24.8 Å². The molecule has 2 heterocycles. The molecule has 32 heavy (non-hydrogen) atoms. The van der Waals surface area contributed by atoms with E-state index in [1.807, 2.05) is 12.1 Å². The highest BCUT2D eigenvalue weighted by Crippen LogP contribution is 2.32. The van der Waals surface area contributed by atoms with E-state index in [9.17, 15) is 18.4 Å². The zero-order valence-corrected chi connectivity index (χ0v) is 18.5. The fraction of sp³-hybridized carbons (Fsp3) is 0.600. The zero-order chi connectivity index (χ0) is 22.7. The van der Waals surface area contributed by atoms with Crippen LogP contribution in [0, 0.1) is 5.92 Å². The van der Waals surface area contributed by atoms with Gasteiger partial charge in [0.2, 0.25) is 12.3 Å². The minimum Gasteiger partial charge on any atom is -0.329 e. The van der Waals surface area contributed by atoms with Gasteiger partial charge in [-0.3, -0.25) is 9.59 Å². The van der Waals surface area contributed by atoms with Crippen LogP contribution in [-0.2, 0) is 17.8 Å². The smallest absolute Gasteiger partial charge is 0.255 e. The number of hydrogen-bond acceptors (Lipinski definition) is 3. The third-order valence-electron chi connectivity index (χ3n) is 7.11. The third-order valence-corrected chi connectivity index (χ3v) is 7.11. The lowest BCUT2D eigenvalue weighted by molar-refractivity contribution is -0.126. The first-order chi connectivity index (χ1) is 15.4. The molecule has 5 nitrogen and oxygen atoms in total. The number of rotatable bonds is 8. The number of piperidine rings is 1. The summed E-state index contributed by atoms with van der Waals surface area (Å²) in [6.07, 6.45) is 5.01. The molecule has 174 valence electrons. The van der Waals surface area contributed by atoms with Crippen molar-refractivity contribution < 1.29 is 18.4 Å². The Morgan fingerprint density at radius 1 is 1.19 bits per heavy atom. The molecule has 1 aromatic carbocycles. The second-order valence-electron chi connectivity index (χ2n) is 9.41. The van der Waals surface area contributed by atoms with Crippen molar-refractivity contribution >= 4 is 11.8 Å². The highest BCUT2D eigenvalue weighted by atomic mass is 19.3. The van der Waals surface area contributed by atoms with Crippen LogP contribution in [0.1, 0.15) is 72.9 Å². The van der Waals surface area contributed by atoms with Crippen LogP contribution in [-0.4, -0.2) is 41.8 Å². The predicted octanol–water partition coefficient (Wildman–Crippen LogP) is 4.17. The summed E-state index contributed by atoms with van der Waals surface area (Å²) in [4.78, 5) is 27.0. The topological polar surface area (TPSA) is 61.4 Å². The van der Waals surface area contributed by atoms with E-state index in [2.05, 4.69) is 23.3 Å². The van der Waals surface area contributed by atoms with Crippen LogP contribution in [0.3, 0.4) is 0 Å². The van der Waals surface area contributed by atoms with Crippen molar-refractivity contribution in [2.45, 2.75) is 82.8 Å². The summed E-state index contributed by atoms with van der Waals surface area (Å²) in [6.45, 7) is 4.91. The Hall–Kier alpha value is -2.28. The molecule has 1 saturated heterocycles. The van der Waals surface area contributed by atoms with Crippen molar-refractivity contribution in [2.75, 3.05) is 6.54 Å². The van der Waals surface area contributed by atoms with Crippen molar-refractivity contribution in [3.63, 3.8) is 0 Å². The summed E-state index contributed by atoms with van der Waals surface area (Å²) < 4.78 is 24.8. The molecule has 2 N–H and O–H groups in total. The van der Waals surface area contributed by atoms with Gasteiger partial charge in [-0.1, -0.05) is 31.6 Å². The largest absolute Gasteiger partial charge is 0.329 e. The Balaban J connectivity index is 1.39. The summed E-state index contributed by atoms with van der Waals surface area (Å²) in [6, 6.07) is 5.97. The van der Waals surface area contributed by atoms with Crippen LogP contribution in [0.5, 0.6) is 0 Å². The minimum absolute atomic E-state index is 0.0487. The van der Waals surface area contributed by atoms with Gasteiger partial charge in [0.05, 0.1) is 0 Å². The first-order valence-corrected chi connectivity index (χ1v) is 11.9. The zero-order valence-electron chi connectivity index (χ0n) is 18.5. The fourth-order valence-electron chi connectivity index (χ4n) is 5.40. The summed E-state index contributed by atoms with van der Waals surface area (Å²) in [5.74, 6) is 0.248. The SMILES string of the molecule is C=C1CCC(N2Cc3cc(C[C@H]4CCCC[C@@H]4NCCCC(F)F)ccc3C2=O)C(=O)N1. The molecule has 7 heteroatoms. The van der Waals surface area contributed by atoms with Crippen LogP contribution >= 0.6 is 0 Å². The average Bonchev–Trinajstić information content (AvgIpc) is 3.08. The molecule has 1 saturated carbocycles. The lowest BCUT2D eigenvalue weighted by atomic mass is 9.80. The van der Waals surface area contributed by atoms with Crippen molar-refractivity contribution in [3.8, 4) is 0 Å². The maximum Gasteiger partial charge on any atom is 0.255 e. The van der Waals surface area contributed by atoms with Crippen LogP contribution in [0.25, 0.3) is 0 Å². The molecule has 0 radical (unpaired) electrons. The Morgan fingerprint density at radius 3 is 2.78 bits per heavy atom. The maximum absolute atomic E-state index is 12.9. The first-order valence-electron chi connectivity index (χ1n) is 11.9. The lowest BCUT2D eigenvalue weighted by Gasteiger charge is -2.32. The molecule has 1 aromatic rings. The number of hydrogen-bond donors (Lipinski definition) is 2. The fourth-order valence-corrected chi connectivity index (χ4v) is 5.40. The standard InChI is InChI=1S/C25H33F2N3O2/c1-16-8-11-22(24(31)29-16)30-15-19-14-17(9-10-20(19)25(30)32)13-18-5-2-3-6-21(18)28-12-4-7-23(26)27/h9-10,14,18,21-23,28H,1-8,11-13,15H2,(H,29,31)/t18-,21+,22?/m1/s1. The van der Waals surface area contributed by atoms with E-state index >= 15 is 0 Å². The molecule has 3 atom stereocenters. The molecule has 0 aromatic heterocycles. The number of nitrogens with one attached hydrogen (secondary N) is 2. The van der Waals surface area contributed by atoms with E-state index in [0.29, 0.717) is 55.6 Å². The molecule has 2 fully saturated rings. The Kier molecular flexibility index (Phi) is 7.23. The molecule has 2 amide bonds. The molecule has 4 rings (SSSR count). The lowest BCUT2D eigenvalue weighted by Crippen LogP contribution is -2.49. The number of alkyl halides is 2. The number of nitrogens with zero attached hydrogens (tertiary/aromatic N) is 1. The Morgan fingerprint density at radius 2 is 2.00 bits per heavy atom. The molecular formula is C25H33F2N3O2. The van der Waals surface area contributed by atoms with Gasteiger partial charge in [0, 0.05) is 30.3 Å². The monoisotopic (exact) mass is 445 g/mol. The Bertz CT molecular complexity index is 873. The van der Waals surface area contributed by atoms with Gasteiger partial charge in [0.1, 0.15) is 6.04 Å². The average molecular weight is 446 g/mol. The highest BCUT2D eigenvalue weighted by Gasteiger charge is 2.38. The van der Waals surface area contributed by atoms with E-state index in [1.165, 1.54) is 18.4 Å². The number of benzene rings is 1. The van der Waals surface area contributed by atoms with Crippen molar-refractivity contribution in [3.05, 3.63) is 47.2 Å². The van der Waals surface area contributed by atoms with Gasteiger partial charge in [0.25, 0.3) is 5.91 Å². The van der Waals surface area contributed by atoms with Crippen molar-refractivity contribution in [2.24, 2.45) is 5.92 Å². The number of fused-ring (bicyclic) bond motifs is 1. The molecule has 1 aliphatic carbocycles. The van der Waals surface area contributed by atoms with E-state index in [-0.39, 0.29) is 18.2 Å². The number of allylic oxidation sites excluding steroid dienone is 1. The molecule has 1 unspecified atom stereocenters. The van der Waals surface area contributed by atoms with Gasteiger partial charge in [0.15, 0.2) is 0 Å². The molecule has 3 aliphatic rings. The summed E-state index contributed by atoms with van der Waals surface area (Å²) in [5.41, 5.74) is 3.59. The number of carbonyl (C=O) groups excluding carboxylic acids is 2. The highest BCUT2D eigenvalue weighted by molar-refractivity contribution is 6.01. The quantitative estimate of drug-likeness (QED) is 0.591. The second-order valence-corrected chi connectivity index (χ2v) is 9.41. The van der Waals surface area contributed by atoms with Crippen LogP contribution in [0.15, 0.2) is 30.5 Å². The summed E-state index contributed by atoms with van der Waals surface area (Å²) in [7, 11) is 0. The van der Waals surface area contributed by atoms with Crippen LogP contribution in [0.2, 0.25) is 0 Å². The molecule has 0 bridgehead atoms. The normalized spacial score (nSPS) is 25.9. The van der Waals surface area contributed by atoms with E-state index < -0.39 is 12.5 Å². The van der Waals surface area contributed by atoms with Crippen LogP contribution < -0.4 is 10.6 Å². The van der Waals surface area contributed by atoms with Crippen LogP contribution in [0.4, 0.5) is 8.78 Å². The molecular weight excluding hydrogens is 412 g/mol. The second kappa shape index (κ2) is 10.1. The first kappa shape index (κ1) is 22.9. The number of carbonyl (C=O) groups is 2. The van der Waals surface area contributed by atoms with Gasteiger partial charge < -0.3 is 15.5 Å². The van der Waals surface area contributed by atoms with E-state index in [4.69, 9.17) is 0 Å². The minimum atomic E-state index is -2.23. The van der Waals surface area contributed by atoms with Gasteiger partial charge in [-0.05, 0) is 68.2 Å². The molecule has 0 spiro atoms. The van der Waals surface area contributed by atoms with E-state index in [1.54, 1.807) is 4.90 Å². The summed E-state index contributed by atoms with van der Waals surface area (Å²) >= 11 is 0. The van der Waals surface area contributed by atoms with Gasteiger partial charge in [-0.15, -0.1) is 0 Å². The molecule has 2 aliphatic heterocycles. The van der Waals surface area contributed by atoms with Gasteiger partial charge >= 0.3 is 0 Å². The predicted molar refractivity (Wildman–Crippen MR) is 119 cm³/mol. The Labute approximate surface area is 188 Å². The number of halogens is 2. The van der Waals surface area contributed by atoms with Gasteiger partial charge in [-0.25, -0.2) is 8.78 Å². The van der Waals surface area contributed by atoms with Gasteiger partial charge in [-0.2, -0.15) is 0 Å².